The maximum absolute atomic E-state index is 14.1. The smallest absolute Gasteiger partial charge is 0.131 e. The highest BCUT2D eigenvalue weighted by molar-refractivity contribution is 6.25. The van der Waals surface area contributed by atoms with E-state index in [1.165, 1.54) is 70.6 Å². The van der Waals surface area contributed by atoms with Gasteiger partial charge in [-0.2, -0.15) is 0 Å². The van der Waals surface area contributed by atoms with Gasteiger partial charge in [-0.1, -0.05) is 30.5 Å². The Morgan fingerprint density at radius 3 is 2.07 bits per heavy atom. The number of rotatable bonds is 7. The Morgan fingerprint density at radius 2 is 1.54 bits per heavy atom. The summed E-state index contributed by atoms with van der Waals surface area (Å²) in [5.74, 6) is 2.16. The Morgan fingerprint density at radius 1 is 0.964 bits per heavy atom. The molecule has 0 heterocycles. The highest BCUT2D eigenvalue weighted by Crippen LogP contribution is 2.42. The van der Waals surface area contributed by atoms with Gasteiger partial charge < -0.3 is 4.74 Å². The molecule has 0 aliphatic heterocycles. The maximum atomic E-state index is 14.1. The van der Waals surface area contributed by atoms with Gasteiger partial charge in [0.2, 0.25) is 0 Å². The number of ether oxygens (including phenoxy) is 1. The first kappa shape index (κ1) is 21.8. The molecule has 3 rings (SSSR count). The van der Waals surface area contributed by atoms with Crippen LogP contribution in [0.1, 0.15) is 68.9 Å². The summed E-state index contributed by atoms with van der Waals surface area (Å²) in [7, 11) is 1.45. The van der Waals surface area contributed by atoms with E-state index in [4.69, 9.17) is 16.3 Å². The third-order valence-electron chi connectivity index (χ3n) is 7.05. The Kier molecular flexibility index (Phi) is 8.35. The zero-order valence-corrected chi connectivity index (χ0v) is 17.7. The summed E-state index contributed by atoms with van der Waals surface area (Å²) in [6.07, 6.45) is 14.4. The van der Waals surface area contributed by atoms with E-state index in [1.807, 2.05) is 0 Å². The van der Waals surface area contributed by atoms with Crippen LogP contribution in [0.2, 0.25) is 0 Å². The van der Waals surface area contributed by atoms with Crippen molar-refractivity contribution in [2.75, 3.05) is 7.11 Å². The third kappa shape index (κ3) is 5.79. The average Bonchev–Trinajstić information content (AvgIpc) is 2.70. The van der Waals surface area contributed by atoms with Crippen molar-refractivity contribution < 1.29 is 13.5 Å². The van der Waals surface area contributed by atoms with Crippen LogP contribution in [0.25, 0.3) is 0 Å². The summed E-state index contributed by atoms with van der Waals surface area (Å²) in [6, 6.07) is 2.97. The Balaban J connectivity index is 1.43. The van der Waals surface area contributed by atoms with E-state index < -0.39 is 11.6 Å². The standard InChI is InChI=1S/C24H33ClF2O/c1-28-16-22-23(26)14-19(15-24(22)27)3-2-17-4-8-20(9-5-17)21-10-6-18(7-11-21)12-13-25/h12-15,17-18,20-21H,2-11,16H2,1H3/b13-12+. The molecule has 1 nitrogen and oxygen atoms in total. The van der Waals surface area contributed by atoms with E-state index in [2.05, 4.69) is 6.08 Å². The number of methoxy groups -OCH3 is 1. The normalized spacial score (nSPS) is 28.7. The lowest BCUT2D eigenvalue weighted by Gasteiger charge is -2.37. The maximum Gasteiger partial charge on any atom is 0.131 e. The van der Waals surface area contributed by atoms with Crippen LogP contribution in [0.15, 0.2) is 23.7 Å². The summed E-state index contributed by atoms with van der Waals surface area (Å²) in [5, 5.41) is 0. The fourth-order valence-electron chi connectivity index (χ4n) is 5.31. The first-order valence-electron chi connectivity index (χ1n) is 10.8. The van der Waals surface area contributed by atoms with Crippen molar-refractivity contribution in [2.24, 2.45) is 23.7 Å². The minimum absolute atomic E-state index is 0.0218. The SMILES string of the molecule is COCc1c(F)cc(CCC2CCC(C3CCC(/C=C/Cl)CC3)CC2)cc1F. The van der Waals surface area contributed by atoms with Crippen molar-refractivity contribution >= 4 is 11.6 Å². The molecule has 0 spiro atoms. The van der Waals surface area contributed by atoms with Gasteiger partial charge in [-0.25, -0.2) is 8.78 Å². The van der Waals surface area contributed by atoms with E-state index in [0.29, 0.717) is 11.8 Å². The fourth-order valence-corrected chi connectivity index (χ4v) is 5.52. The van der Waals surface area contributed by atoms with Gasteiger partial charge in [0, 0.05) is 18.2 Å². The molecule has 1 aromatic rings. The van der Waals surface area contributed by atoms with Crippen molar-refractivity contribution in [1.82, 2.24) is 0 Å². The number of aryl methyl sites for hydroxylation is 1. The molecule has 0 N–H and O–H groups in total. The minimum atomic E-state index is -0.486. The lowest BCUT2D eigenvalue weighted by Crippen LogP contribution is -2.25. The van der Waals surface area contributed by atoms with Crippen molar-refractivity contribution in [3.8, 4) is 0 Å². The minimum Gasteiger partial charge on any atom is -0.380 e. The van der Waals surface area contributed by atoms with Crippen LogP contribution < -0.4 is 0 Å². The third-order valence-corrected chi connectivity index (χ3v) is 7.20. The second-order valence-corrected chi connectivity index (χ2v) is 9.04. The average molecular weight is 411 g/mol. The lowest BCUT2D eigenvalue weighted by atomic mass is 9.68. The second-order valence-electron chi connectivity index (χ2n) is 8.78. The molecule has 2 aliphatic rings. The monoisotopic (exact) mass is 410 g/mol. The largest absolute Gasteiger partial charge is 0.380 e. The molecule has 2 saturated carbocycles. The van der Waals surface area contributed by atoms with Gasteiger partial charge in [0.25, 0.3) is 0 Å². The first-order chi connectivity index (χ1) is 13.6. The number of hydrogen-bond acceptors (Lipinski definition) is 1. The molecule has 0 atom stereocenters. The lowest BCUT2D eigenvalue weighted by molar-refractivity contribution is 0.152. The van der Waals surface area contributed by atoms with Crippen LogP contribution in [0.3, 0.4) is 0 Å². The van der Waals surface area contributed by atoms with E-state index in [1.54, 1.807) is 5.54 Å². The van der Waals surface area contributed by atoms with Crippen LogP contribution in [-0.2, 0) is 17.8 Å². The van der Waals surface area contributed by atoms with Crippen LogP contribution >= 0.6 is 11.6 Å². The molecule has 156 valence electrons. The fraction of sp³-hybridized carbons (Fsp3) is 0.667. The highest BCUT2D eigenvalue weighted by Gasteiger charge is 2.30. The van der Waals surface area contributed by atoms with Crippen molar-refractivity contribution in [2.45, 2.75) is 70.8 Å². The summed E-state index contributed by atoms with van der Waals surface area (Å²) >= 11 is 5.72. The second kappa shape index (κ2) is 10.7. The molecule has 2 aliphatic carbocycles. The van der Waals surface area contributed by atoms with Crippen molar-refractivity contribution in [3.05, 3.63) is 46.5 Å². The van der Waals surface area contributed by atoms with Gasteiger partial charge in [-0.3, -0.25) is 0 Å². The Hall–Kier alpha value is -0.930. The van der Waals surface area contributed by atoms with Crippen LogP contribution in [0.4, 0.5) is 8.78 Å². The topological polar surface area (TPSA) is 9.23 Å². The number of allylic oxidation sites excluding steroid dienone is 1. The molecule has 28 heavy (non-hydrogen) atoms. The molecular weight excluding hydrogens is 378 g/mol. The zero-order valence-electron chi connectivity index (χ0n) is 16.9. The highest BCUT2D eigenvalue weighted by atomic mass is 35.5. The van der Waals surface area contributed by atoms with E-state index in [9.17, 15) is 8.78 Å². The predicted molar refractivity (Wildman–Crippen MR) is 111 cm³/mol. The zero-order chi connectivity index (χ0) is 19.9. The predicted octanol–water partition coefficient (Wildman–Crippen LogP) is 7.41. The molecule has 0 amide bonds. The first-order valence-corrected chi connectivity index (χ1v) is 11.3. The van der Waals surface area contributed by atoms with Crippen LogP contribution in [0, 0.1) is 35.3 Å². The number of halogens is 3. The molecular formula is C24H33ClF2O. The van der Waals surface area contributed by atoms with E-state index >= 15 is 0 Å². The quantitative estimate of drug-likeness (QED) is 0.454. The van der Waals surface area contributed by atoms with E-state index in [0.717, 1.165) is 30.2 Å². The molecule has 4 heteroatoms. The van der Waals surface area contributed by atoms with Crippen LogP contribution in [-0.4, -0.2) is 7.11 Å². The van der Waals surface area contributed by atoms with E-state index in [-0.39, 0.29) is 12.2 Å². The summed E-state index contributed by atoms with van der Waals surface area (Å²) in [5.41, 5.74) is 2.48. The molecule has 2 fully saturated rings. The molecule has 0 aromatic heterocycles. The summed E-state index contributed by atoms with van der Waals surface area (Å²) in [6.45, 7) is -0.0218. The molecule has 0 bridgehead atoms. The van der Waals surface area contributed by atoms with Gasteiger partial charge in [0.1, 0.15) is 11.6 Å². The number of hydrogen-bond donors (Lipinski definition) is 0. The Labute approximate surface area is 173 Å². The van der Waals surface area contributed by atoms with Gasteiger partial charge in [-0.15, -0.1) is 0 Å². The molecule has 0 radical (unpaired) electrons. The Bertz CT molecular complexity index is 621. The summed E-state index contributed by atoms with van der Waals surface area (Å²) < 4.78 is 33.0. The summed E-state index contributed by atoms with van der Waals surface area (Å²) in [4.78, 5) is 0. The molecule has 0 unspecified atom stereocenters. The van der Waals surface area contributed by atoms with Gasteiger partial charge in [0.05, 0.1) is 6.61 Å². The van der Waals surface area contributed by atoms with Crippen molar-refractivity contribution in [1.29, 1.82) is 0 Å². The molecule has 1 aromatic carbocycles. The van der Waals surface area contributed by atoms with Gasteiger partial charge >= 0.3 is 0 Å². The van der Waals surface area contributed by atoms with Crippen molar-refractivity contribution in [3.63, 3.8) is 0 Å². The molecule has 0 saturated heterocycles. The van der Waals surface area contributed by atoms with Crippen LogP contribution in [0.5, 0.6) is 0 Å². The van der Waals surface area contributed by atoms with Gasteiger partial charge in [0.15, 0.2) is 0 Å². The van der Waals surface area contributed by atoms with Gasteiger partial charge in [-0.05, 0) is 92.7 Å². The number of benzene rings is 1.